The molecule has 2 aromatic carbocycles. The van der Waals surface area contributed by atoms with Gasteiger partial charge in [-0.3, -0.25) is 9.80 Å². The van der Waals surface area contributed by atoms with Gasteiger partial charge in [-0.05, 0) is 41.8 Å². The van der Waals surface area contributed by atoms with Crippen LogP contribution in [0.1, 0.15) is 16.7 Å². The minimum Gasteiger partial charge on any atom is -0.391 e. The number of aliphatic hydroxyl groups excluding tert-OH is 1. The summed E-state index contributed by atoms with van der Waals surface area (Å²) in [5, 5.41) is 11.1. The molecule has 3 nitrogen and oxygen atoms in total. The molecule has 0 aliphatic carbocycles. The molecule has 0 bridgehead atoms. The summed E-state index contributed by atoms with van der Waals surface area (Å²) < 4.78 is 37.8. The van der Waals surface area contributed by atoms with Crippen LogP contribution in [0, 0.1) is 0 Å². The van der Waals surface area contributed by atoms with Crippen molar-refractivity contribution in [2.45, 2.75) is 25.2 Å². The van der Waals surface area contributed by atoms with Crippen molar-refractivity contribution in [1.29, 1.82) is 0 Å². The predicted octanol–water partition coefficient (Wildman–Crippen LogP) is 4.08. The average molecular weight is 413 g/mol. The van der Waals surface area contributed by atoms with Gasteiger partial charge in [0.2, 0.25) is 0 Å². The summed E-state index contributed by atoms with van der Waals surface area (Å²) in [7, 11) is 0. The van der Waals surface area contributed by atoms with E-state index in [0.29, 0.717) is 18.5 Å². The Balaban J connectivity index is 1.42. The van der Waals surface area contributed by atoms with Crippen molar-refractivity contribution in [2.24, 2.45) is 0 Å². The molecule has 2 aromatic rings. The molecule has 3 rings (SSSR count). The largest absolute Gasteiger partial charge is 0.416 e. The van der Waals surface area contributed by atoms with Crippen LogP contribution in [0.2, 0.25) is 5.02 Å². The van der Waals surface area contributed by atoms with E-state index in [1.165, 1.54) is 17.7 Å². The zero-order valence-electron chi connectivity index (χ0n) is 15.5. The van der Waals surface area contributed by atoms with E-state index in [2.05, 4.69) is 9.80 Å². The van der Waals surface area contributed by atoms with E-state index in [1.807, 2.05) is 24.3 Å². The molecule has 1 saturated heterocycles. The van der Waals surface area contributed by atoms with Crippen LogP contribution in [0.4, 0.5) is 13.2 Å². The fraction of sp³-hybridized carbons (Fsp3) is 0.429. The Hall–Kier alpha value is -1.60. The smallest absolute Gasteiger partial charge is 0.391 e. The molecule has 1 N–H and O–H groups in total. The Labute approximate surface area is 168 Å². The Morgan fingerprint density at radius 3 is 1.96 bits per heavy atom. The number of hydrogen-bond acceptors (Lipinski definition) is 3. The van der Waals surface area contributed by atoms with E-state index in [-0.39, 0.29) is 0 Å². The number of hydrogen-bond donors (Lipinski definition) is 1. The van der Waals surface area contributed by atoms with Crippen molar-refractivity contribution < 1.29 is 18.3 Å². The molecule has 1 aliphatic heterocycles. The molecule has 0 saturated carbocycles. The van der Waals surface area contributed by atoms with Crippen LogP contribution in [0.5, 0.6) is 0 Å². The number of aliphatic hydroxyl groups is 1. The average Bonchev–Trinajstić information content (AvgIpc) is 2.65. The molecular formula is C21H24ClF3N2O. The van der Waals surface area contributed by atoms with Crippen molar-refractivity contribution in [3.05, 3.63) is 70.2 Å². The molecule has 7 heteroatoms. The van der Waals surface area contributed by atoms with Gasteiger partial charge in [-0.25, -0.2) is 0 Å². The summed E-state index contributed by atoms with van der Waals surface area (Å²) >= 11 is 5.91. The first-order valence-electron chi connectivity index (χ1n) is 9.33. The molecule has 152 valence electrons. The van der Waals surface area contributed by atoms with Crippen molar-refractivity contribution in [1.82, 2.24) is 9.80 Å². The Morgan fingerprint density at radius 2 is 1.39 bits per heavy atom. The number of alkyl halides is 3. The van der Waals surface area contributed by atoms with E-state index in [9.17, 15) is 18.3 Å². The van der Waals surface area contributed by atoms with Gasteiger partial charge in [0.1, 0.15) is 0 Å². The second-order valence-corrected chi connectivity index (χ2v) is 7.69. The highest BCUT2D eigenvalue weighted by atomic mass is 35.5. The molecule has 28 heavy (non-hydrogen) atoms. The molecule has 0 amide bonds. The standard InChI is InChI=1S/C21H24ClF3N2O/c22-19-7-3-17(4-8-19)14-26-9-11-27(12-10-26)15-20(28)13-16-1-5-18(6-2-16)21(23,24)25/h1-8,20,28H,9-15H2/t20-/m1/s1. The molecule has 0 aromatic heterocycles. The van der Waals surface area contributed by atoms with Gasteiger partial charge in [-0.15, -0.1) is 0 Å². The molecule has 1 fully saturated rings. The van der Waals surface area contributed by atoms with Gasteiger partial charge >= 0.3 is 6.18 Å². The quantitative estimate of drug-likeness (QED) is 0.774. The van der Waals surface area contributed by atoms with Crippen molar-refractivity contribution >= 4 is 11.6 Å². The zero-order valence-corrected chi connectivity index (χ0v) is 16.3. The van der Waals surface area contributed by atoms with E-state index in [0.717, 1.165) is 49.9 Å². The minimum absolute atomic E-state index is 0.350. The minimum atomic E-state index is -4.33. The Bertz CT molecular complexity index is 742. The Kier molecular flexibility index (Phi) is 6.99. The first kappa shape index (κ1) is 21.1. The van der Waals surface area contributed by atoms with Crippen LogP contribution < -0.4 is 0 Å². The first-order valence-corrected chi connectivity index (χ1v) is 9.71. The molecule has 0 radical (unpaired) electrons. The highest BCUT2D eigenvalue weighted by Gasteiger charge is 2.30. The van der Waals surface area contributed by atoms with Gasteiger partial charge < -0.3 is 5.11 Å². The number of nitrogens with zero attached hydrogens (tertiary/aromatic N) is 2. The SMILES string of the molecule is O[C@H](Cc1ccc(C(F)(F)F)cc1)CN1CCN(Cc2ccc(Cl)cc2)CC1. The van der Waals surface area contributed by atoms with Crippen LogP contribution in [0.25, 0.3) is 0 Å². The van der Waals surface area contributed by atoms with Crippen LogP contribution in [-0.4, -0.2) is 53.7 Å². The lowest BCUT2D eigenvalue weighted by atomic mass is 10.0. The molecule has 1 heterocycles. The van der Waals surface area contributed by atoms with E-state index in [1.54, 1.807) is 0 Å². The van der Waals surface area contributed by atoms with Crippen LogP contribution in [0.3, 0.4) is 0 Å². The van der Waals surface area contributed by atoms with Gasteiger partial charge in [0.05, 0.1) is 11.7 Å². The number of piperazine rings is 1. The molecule has 0 unspecified atom stereocenters. The highest BCUT2D eigenvalue weighted by molar-refractivity contribution is 6.30. The monoisotopic (exact) mass is 412 g/mol. The van der Waals surface area contributed by atoms with Gasteiger partial charge in [0.15, 0.2) is 0 Å². The van der Waals surface area contributed by atoms with E-state index < -0.39 is 17.8 Å². The molecule has 0 spiro atoms. The van der Waals surface area contributed by atoms with Crippen molar-refractivity contribution in [3.8, 4) is 0 Å². The van der Waals surface area contributed by atoms with Gasteiger partial charge in [-0.2, -0.15) is 13.2 Å². The molecular weight excluding hydrogens is 389 g/mol. The maximum absolute atomic E-state index is 12.6. The molecule has 1 aliphatic rings. The highest BCUT2D eigenvalue weighted by Crippen LogP contribution is 2.29. The van der Waals surface area contributed by atoms with Crippen molar-refractivity contribution in [2.75, 3.05) is 32.7 Å². The third kappa shape index (κ3) is 6.21. The predicted molar refractivity (Wildman–Crippen MR) is 104 cm³/mol. The second-order valence-electron chi connectivity index (χ2n) is 7.26. The lowest BCUT2D eigenvalue weighted by molar-refractivity contribution is -0.137. The summed E-state index contributed by atoms with van der Waals surface area (Å²) in [6, 6.07) is 12.9. The van der Waals surface area contributed by atoms with Crippen LogP contribution in [-0.2, 0) is 19.1 Å². The van der Waals surface area contributed by atoms with Gasteiger partial charge in [-0.1, -0.05) is 35.9 Å². The number of rotatable bonds is 6. The third-order valence-electron chi connectivity index (χ3n) is 5.01. The maximum atomic E-state index is 12.6. The summed E-state index contributed by atoms with van der Waals surface area (Å²) in [5.41, 5.74) is 1.27. The van der Waals surface area contributed by atoms with E-state index in [4.69, 9.17) is 11.6 Å². The summed E-state index contributed by atoms with van der Waals surface area (Å²) in [4.78, 5) is 4.56. The fourth-order valence-corrected chi connectivity index (χ4v) is 3.57. The lowest BCUT2D eigenvalue weighted by Gasteiger charge is -2.35. The zero-order chi connectivity index (χ0) is 20.1. The number of β-amino-alcohol motifs (C(OH)–C–C–N with tert-alkyl or cyclic N) is 1. The van der Waals surface area contributed by atoms with Crippen LogP contribution >= 0.6 is 11.6 Å². The van der Waals surface area contributed by atoms with Crippen molar-refractivity contribution in [3.63, 3.8) is 0 Å². The number of halogens is 4. The summed E-state index contributed by atoms with van der Waals surface area (Å²) in [6.07, 6.45) is -4.58. The van der Waals surface area contributed by atoms with E-state index >= 15 is 0 Å². The topological polar surface area (TPSA) is 26.7 Å². The van der Waals surface area contributed by atoms with Gasteiger partial charge in [0.25, 0.3) is 0 Å². The normalized spacial score (nSPS) is 17.6. The maximum Gasteiger partial charge on any atom is 0.416 e. The summed E-state index contributed by atoms with van der Waals surface area (Å²) in [6.45, 7) is 4.94. The number of benzene rings is 2. The first-order chi connectivity index (χ1) is 13.3. The van der Waals surface area contributed by atoms with Gasteiger partial charge in [0, 0.05) is 44.3 Å². The fourth-order valence-electron chi connectivity index (χ4n) is 3.44. The second kappa shape index (κ2) is 9.27. The molecule has 1 atom stereocenters. The Morgan fingerprint density at radius 1 is 0.857 bits per heavy atom. The lowest BCUT2D eigenvalue weighted by Crippen LogP contribution is -2.48. The summed E-state index contributed by atoms with van der Waals surface area (Å²) in [5.74, 6) is 0. The van der Waals surface area contributed by atoms with Crippen LogP contribution in [0.15, 0.2) is 48.5 Å². The third-order valence-corrected chi connectivity index (χ3v) is 5.26.